The van der Waals surface area contributed by atoms with Crippen LogP contribution in [0.1, 0.15) is 19.4 Å². The van der Waals surface area contributed by atoms with E-state index in [4.69, 9.17) is 0 Å². The summed E-state index contributed by atoms with van der Waals surface area (Å²) in [5.41, 5.74) is 1.35. The van der Waals surface area contributed by atoms with Crippen LogP contribution >= 0.6 is 0 Å². The van der Waals surface area contributed by atoms with E-state index in [9.17, 15) is 0 Å². The van der Waals surface area contributed by atoms with Gasteiger partial charge in [0, 0.05) is 0 Å². The summed E-state index contributed by atoms with van der Waals surface area (Å²) in [7, 11) is 2.06. The molecule has 0 saturated carbocycles. The minimum absolute atomic E-state index is 0. The van der Waals surface area contributed by atoms with Crippen LogP contribution in [-0.2, 0) is 13.5 Å². The Morgan fingerprint density at radius 1 is 1.07 bits per heavy atom. The van der Waals surface area contributed by atoms with Gasteiger partial charge >= 0.3 is 76.1 Å². The maximum absolute atomic E-state index is 3.38. The zero-order valence-corrected chi connectivity index (χ0v) is 13.2. The van der Waals surface area contributed by atoms with Crippen LogP contribution in [0.4, 0.5) is 0 Å². The summed E-state index contributed by atoms with van der Waals surface area (Å²) in [5, 5.41) is 0. The second-order valence-corrected chi connectivity index (χ2v) is 8.56. The van der Waals surface area contributed by atoms with E-state index in [0.29, 0.717) is 0 Å². The molecule has 0 aliphatic heterocycles. The van der Waals surface area contributed by atoms with Gasteiger partial charge in [-0.05, 0) is 0 Å². The van der Waals surface area contributed by atoms with Crippen molar-refractivity contribution in [1.82, 2.24) is 3.48 Å². The van der Waals surface area contributed by atoms with Crippen molar-refractivity contribution in [3.8, 4) is 0 Å². The van der Waals surface area contributed by atoms with Crippen molar-refractivity contribution < 1.29 is 0 Å². The van der Waals surface area contributed by atoms with Crippen LogP contribution in [-0.4, -0.2) is 27.5 Å². The fourth-order valence-corrected chi connectivity index (χ4v) is 3.34. The van der Waals surface area contributed by atoms with E-state index in [1.165, 1.54) is 9.07 Å². The third-order valence-corrected chi connectivity index (χ3v) is 6.73. The fraction of sp³-hybridized carbons (Fsp3) is 0.455. The van der Waals surface area contributed by atoms with Crippen LogP contribution in [0, 0.1) is 6.92 Å². The summed E-state index contributed by atoms with van der Waals surface area (Å²) in [4.78, 5) is 2.34. The van der Waals surface area contributed by atoms with Crippen LogP contribution in [0.2, 0.25) is 4.87 Å². The molecule has 0 aliphatic rings. The molecule has 1 nitrogen and oxygen atoms in total. The standard InChI is InChI=1S/C7H7.C2H6.CH4N.CH3.H2S.Sb/c1-7-5-3-2-4-6-7;2*1-2;;;/h3-6H,1H3;1-2H3;2H,1H3;1H3;1H2;/q;;-1;;;+2/p-1. The predicted molar refractivity (Wildman–Crippen MR) is 71.6 cm³/mol. The summed E-state index contributed by atoms with van der Waals surface area (Å²) in [6, 6.07) is 8.87. The summed E-state index contributed by atoms with van der Waals surface area (Å²) in [6.45, 7) is 6.13. The van der Waals surface area contributed by atoms with Crippen molar-refractivity contribution in [3.63, 3.8) is 0 Å². The van der Waals surface area contributed by atoms with Crippen LogP contribution in [0.3, 0.4) is 0 Å². The Morgan fingerprint density at radius 3 is 1.86 bits per heavy atom. The van der Waals surface area contributed by atoms with Gasteiger partial charge in [-0.3, -0.25) is 0 Å². The zero-order chi connectivity index (χ0) is 10.3. The minimum Gasteiger partial charge on any atom is -0.813 e. The first-order valence-corrected chi connectivity index (χ1v) is 9.82. The molecule has 0 unspecified atom stereocenters. The van der Waals surface area contributed by atoms with Gasteiger partial charge in [-0.2, -0.15) is 0 Å². The molecule has 3 heteroatoms. The molecule has 0 saturated heterocycles. The largest absolute Gasteiger partial charge is 0.813 e. The molecule has 1 aromatic rings. The molecule has 0 spiro atoms. The Hall–Kier alpha value is 0.348. The fourth-order valence-electron chi connectivity index (χ4n) is 0.897. The van der Waals surface area contributed by atoms with Crippen LogP contribution < -0.4 is 6.99 Å². The van der Waals surface area contributed by atoms with Crippen molar-refractivity contribution in [2.45, 2.75) is 25.6 Å². The quantitative estimate of drug-likeness (QED) is 0.506. The van der Waals surface area contributed by atoms with Crippen molar-refractivity contribution in [2.75, 3.05) is 7.05 Å². The SMILES string of the molecule is CC.C[NH][Sb+]([CH3])[c]1ccc(C)cc1.[SH-]. The summed E-state index contributed by atoms with van der Waals surface area (Å²) in [6.07, 6.45) is 0. The number of rotatable bonds is 2. The van der Waals surface area contributed by atoms with Gasteiger partial charge in [0.25, 0.3) is 0 Å². The van der Waals surface area contributed by atoms with Gasteiger partial charge in [0.15, 0.2) is 0 Å². The van der Waals surface area contributed by atoms with Crippen molar-refractivity contribution in [3.05, 3.63) is 29.8 Å². The smallest absolute Gasteiger partial charge is 0.813 e. The number of benzene rings is 1. The first-order chi connectivity index (χ1) is 6.24. The second kappa shape index (κ2) is 9.89. The average Bonchev–Trinajstić information content (AvgIpc) is 2.21. The van der Waals surface area contributed by atoms with Crippen LogP contribution in [0.25, 0.3) is 0 Å². The molecule has 14 heavy (non-hydrogen) atoms. The number of hydrogen-bond donors (Lipinski definition) is 1. The zero-order valence-electron chi connectivity index (χ0n) is 9.70. The van der Waals surface area contributed by atoms with Crippen molar-refractivity contribution in [1.29, 1.82) is 0 Å². The predicted octanol–water partition coefficient (Wildman–Crippen LogP) is 1.80. The monoisotopic (exact) mass is 320 g/mol. The maximum atomic E-state index is 3.38. The Morgan fingerprint density at radius 2 is 1.50 bits per heavy atom. The molecule has 81 valence electrons. The summed E-state index contributed by atoms with van der Waals surface area (Å²) in [5.74, 6) is 0. The van der Waals surface area contributed by atoms with Gasteiger partial charge in [-0.25, -0.2) is 0 Å². The van der Waals surface area contributed by atoms with Crippen molar-refractivity contribution >= 4 is 37.5 Å². The molecule has 1 rings (SSSR count). The van der Waals surface area contributed by atoms with Gasteiger partial charge in [0.2, 0.25) is 0 Å². The summed E-state index contributed by atoms with van der Waals surface area (Å²) < 4.78 is 4.91. The van der Waals surface area contributed by atoms with Gasteiger partial charge < -0.3 is 13.5 Å². The minimum atomic E-state index is -1.21. The summed E-state index contributed by atoms with van der Waals surface area (Å²) >= 11 is -1.21. The third-order valence-electron chi connectivity index (χ3n) is 1.76. The van der Waals surface area contributed by atoms with E-state index < -0.39 is 20.5 Å². The van der Waals surface area contributed by atoms with E-state index in [2.05, 4.69) is 46.6 Å². The Balaban J connectivity index is 0. The van der Waals surface area contributed by atoms with E-state index >= 15 is 0 Å². The molecule has 0 heterocycles. The van der Waals surface area contributed by atoms with E-state index in [-0.39, 0.29) is 13.5 Å². The average molecular weight is 321 g/mol. The molecule has 0 aliphatic carbocycles. The molecule has 0 fully saturated rings. The Labute approximate surface area is 103 Å². The van der Waals surface area contributed by atoms with Gasteiger partial charge in [-0.1, -0.05) is 13.8 Å². The van der Waals surface area contributed by atoms with Crippen LogP contribution in [0.15, 0.2) is 24.3 Å². The van der Waals surface area contributed by atoms with Gasteiger partial charge in [0.1, 0.15) is 0 Å². The first kappa shape index (κ1) is 16.8. The van der Waals surface area contributed by atoms with Crippen molar-refractivity contribution in [2.24, 2.45) is 0 Å². The Bertz CT molecular complexity index is 223. The van der Waals surface area contributed by atoms with Gasteiger partial charge in [-0.15, -0.1) is 0 Å². The molecular weight excluding hydrogens is 300 g/mol. The van der Waals surface area contributed by atoms with Gasteiger partial charge in [0.05, 0.1) is 0 Å². The van der Waals surface area contributed by atoms with E-state index in [1.807, 2.05) is 13.8 Å². The first-order valence-electron chi connectivity index (χ1n) is 4.72. The maximum Gasteiger partial charge on any atom is -0.813 e. The normalized spacial score (nSPS) is 8.71. The van der Waals surface area contributed by atoms with E-state index in [0.717, 1.165) is 0 Å². The number of hydrogen-bond acceptors (Lipinski definition) is 2. The molecule has 0 bridgehead atoms. The molecular formula is C11H21NSSb. The number of thiol groups is 1. The molecule has 1 N–H and O–H groups in total. The van der Waals surface area contributed by atoms with E-state index in [1.54, 1.807) is 0 Å². The molecule has 1 aromatic carbocycles. The molecule has 0 amide bonds. The molecule has 1 radical (unpaired) electrons. The second-order valence-electron chi connectivity index (χ2n) is 2.62. The molecule has 0 atom stereocenters. The van der Waals surface area contributed by atoms with Crippen LogP contribution in [0.5, 0.6) is 0 Å². The number of aryl methyl sites for hydroxylation is 1. The topological polar surface area (TPSA) is 12.0 Å². The number of nitrogens with one attached hydrogen (secondary N) is 1. The molecule has 0 aromatic heterocycles. The third kappa shape index (κ3) is 5.95. The Kier molecular flexibility index (Phi) is 11.8.